The van der Waals surface area contributed by atoms with E-state index < -0.39 is 0 Å². The van der Waals surface area contributed by atoms with Crippen molar-refractivity contribution in [1.29, 1.82) is 5.26 Å². The SMILES string of the molecule is COc1cc(C)c(-c2ccc(C3(NC(=O)c4ccc(C#N)cc4)CCC3)cc2)cn1. The van der Waals surface area contributed by atoms with Gasteiger partial charge in [-0.15, -0.1) is 0 Å². The van der Waals surface area contributed by atoms with Gasteiger partial charge in [-0.2, -0.15) is 5.26 Å². The number of carbonyl (C=O) groups excluding carboxylic acids is 1. The molecule has 5 heteroatoms. The molecule has 1 fully saturated rings. The number of carbonyl (C=O) groups is 1. The minimum Gasteiger partial charge on any atom is -0.481 e. The fourth-order valence-electron chi connectivity index (χ4n) is 3.91. The van der Waals surface area contributed by atoms with Crippen molar-refractivity contribution in [1.82, 2.24) is 10.3 Å². The second kappa shape index (κ2) is 8.00. The lowest BCUT2D eigenvalue weighted by Crippen LogP contribution is -2.50. The minimum absolute atomic E-state index is 0.113. The third kappa shape index (κ3) is 3.65. The maximum absolute atomic E-state index is 12.8. The molecule has 1 amide bonds. The number of aromatic nitrogens is 1. The molecule has 30 heavy (non-hydrogen) atoms. The highest BCUT2D eigenvalue weighted by molar-refractivity contribution is 5.95. The number of nitriles is 1. The number of hydrogen-bond donors (Lipinski definition) is 1. The molecule has 0 aliphatic heterocycles. The van der Waals surface area contributed by atoms with Gasteiger partial charge in [-0.3, -0.25) is 4.79 Å². The van der Waals surface area contributed by atoms with Gasteiger partial charge < -0.3 is 10.1 Å². The summed E-state index contributed by atoms with van der Waals surface area (Å²) in [6.45, 7) is 2.04. The van der Waals surface area contributed by atoms with E-state index >= 15 is 0 Å². The first-order valence-corrected chi connectivity index (χ1v) is 9.99. The van der Waals surface area contributed by atoms with Gasteiger partial charge in [-0.25, -0.2) is 4.98 Å². The molecule has 0 saturated heterocycles. The fraction of sp³-hybridized carbons (Fsp3) is 0.240. The maximum Gasteiger partial charge on any atom is 0.251 e. The second-order valence-corrected chi connectivity index (χ2v) is 7.70. The third-order valence-corrected chi connectivity index (χ3v) is 5.88. The van der Waals surface area contributed by atoms with E-state index in [9.17, 15) is 4.79 Å². The van der Waals surface area contributed by atoms with Gasteiger partial charge in [0.1, 0.15) is 0 Å². The van der Waals surface area contributed by atoms with Crippen LogP contribution in [0, 0.1) is 18.3 Å². The second-order valence-electron chi connectivity index (χ2n) is 7.70. The van der Waals surface area contributed by atoms with Gasteiger partial charge in [0.05, 0.1) is 24.3 Å². The standard InChI is InChI=1S/C25H23N3O2/c1-17-14-23(30-2)27-16-22(17)19-8-10-21(11-9-19)25(12-3-13-25)28-24(29)20-6-4-18(15-26)5-7-20/h4-11,14,16H,3,12-13H2,1-2H3,(H,28,29). The molecule has 1 aliphatic rings. The summed E-state index contributed by atoms with van der Waals surface area (Å²) in [5, 5.41) is 12.2. The molecule has 0 unspecified atom stereocenters. The molecule has 0 bridgehead atoms. The number of amides is 1. The normalized spacial score (nSPS) is 14.3. The van der Waals surface area contributed by atoms with Gasteiger partial charge in [0.15, 0.2) is 0 Å². The van der Waals surface area contributed by atoms with Crippen molar-refractivity contribution in [2.75, 3.05) is 7.11 Å². The molecule has 0 spiro atoms. The van der Waals surface area contributed by atoms with Crippen LogP contribution in [-0.4, -0.2) is 18.0 Å². The van der Waals surface area contributed by atoms with E-state index in [0.29, 0.717) is 17.0 Å². The number of nitrogens with zero attached hydrogens (tertiary/aromatic N) is 2. The molecule has 0 radical (unpaired) electrons. The number of nitrogens with one attached hydrogen (secondary N) is 1. The number of pyridine rings is 1. The van der Waals surface area contributed by atoms with Crippen molar-refractivity contribution in [3.63, 3.8) is 0 Å². The van der Waals surface area contributed by atoms with Crippen LogP contribution in [-0.2, 0) is 5.54 Å². The van der Waals surface area contributed by atoms with Gasteiger partial charge in [0.25, 0.3) is 5.91 Å². The first kappa shape index (κ1) is 19.7. The third-order valence-electron chi connectivity index (χ3n) is 5.88. The smallest absolute Gasteiger partial charge is 0.251 e. The Morgan fingerprint density at radius 1 is 1.13 bits per heavy atom. The Morgan fingerprint density at radius 2 is 1.83 bits per heavy atom. The summed E-state index contributed by atoms with van der Waals surface area (Å²) in [4.78, 5) is 17.1. The summed E-state index contributed by atoms with van der Waals surface area (Å²) in [7, 11) is 1.61. The van der Waals surface area contributed by atoms with E-state index in [-0.39, 0.29) is 11.4 Å². The van der Waals surface area contributed by atoms with Crippen molar-refractivity contribution in [2.24, 2.45) is 0 Å². The van der Waals surface area contributed by atoms with E-state index in [1.165, 1.54) is 0 Å². The number of ether oxygens (including phenoxy) is 1. The molecule has 1 saturated carbocycles. The fourth-order valence-corrected chi connectivity index (χ4v) is 3.91. The quantitative estimate of drug-likeness (QED) is 0.674. The van der Waals surface area contributed by atoms with Crippen LogP contribution < -0.4 is 10.1 Å². The maximum atomic E-state index is 12.8. The average molecular weight is 397 g/mol. The average Bonchev–Trinajstić information content (AvgIpc) is 2.76. The molecule has 1 N–H and O–H groups in total. The molecule has 1 aliphatic carbocycles. The molecule has 1 heterocycles. The summed E-state index contributed by atoms with van der Waals surface area (Å²) in [5.74, 6) is 0.491. The Kier molecular flexibility index (Phi) is 5.24. The van der Waals surface area contributed by atoms with Gasteiger partial charge in [-0.1, -0.05) is 24.3 Å². The molecule has 2 aromatic carbocycles. The number of rotatable bonds is 5. The lowest BCUT2D eigenvalue weighted by atomic mass is 9.71. The molecular formula is C25H23N3O2. The van der Waals surface area contributed by atoms with Crippen LogP contribution in [0.15, 0.2) is 60.8 Å². The van der Waals surface area contributed by atoms with Gasteiger partial charge >= 0.3 is 0 Å². The zero-order valence-corrected chi connectivity index (χ0v) is 17.1. The predicted molar refractivity (Wildman–Crippen MR) is 115 cm³/mol. The highest BCUT2D eigenvalue weighted by Crippen LogP contribution is 2.42. The molecule has 3 aromatic rings. The summed E-state index contributed by atoms with van der Waals surface area (Å²) in [6.07, 6.45) is 4.74. The Labute approximate surface area is 176 Å². The van der Waals surface area contributed by atoms with Crippen LogP contribution in [0.4, 0.5) is 0 Å². The Balaban J connectivity index is 1.56. The molecular weight excluding hydrogens is 374 g/mol. The van der Waals surface area contributed by atoms with E-state index in [2.05, 4.69) is 40.6 Å². The molecule has 4 rings (SSSR count). The van der Waals surface area contributed by atoms with E-state index in [1.807, 2.05) is 19.2 Å². The number of aryl methyl sites for hydroxylation is 1. The Bertz CT molecular complexity index is 1110. The van der Waals surface area contributed by atoms with Crippen molar-refractivity contribution in [3.8, 4) is 23.1 Å². The molecule has 5 nitrogen and oxygen atoms in total. The van der Waals surface area contributed by atoms with Crippen molar-refractivity contribution in [2.45, 2.75) is 31.7 Å². The Morgan fingerprint density at radius 3 is 2.37 bits per heavy atom. The first-order chi connectivity index (χ1) is 14.5. The van der Waals surface area contributed by atoms with Crippen molar-refractivity contribution < 1.29 is 9.53 Å². The van der Waals surface area contributed by atoms with Crippen LogP contribution in [0.1, 0.15) is 46.3 Å². The van der Waals surface area contributed by atoms with Gasteiger partial charge in [-0.05, 0) is 67.1 Å². The minimum atomic E-state index is -0.337. The van der Waals surface area contributed by atoms with E-state index in [1.54, 1.807) is 31.4 Å². The predicted octanol–water partition coefficient (Wildman–Crippen LogP) is 4.75. The number of methoxy groups -OCH3 is 1. The number of hydrogen-bond acceptors (Lipinski definition) is 4. The molecule has 150 valence electrons. The topological polar surface area (TPSA) is 75.0 Å². The van der Waals surface area contributed by atoms with Crippen LogP contribution >= 0.6 is 0 Å². The molecule has 0 atom stereocenters. The summed E-state index contributed by atoms with van der Waals surface area (Å²) in [5.41, 5.74) is 5.13. The van der Waals surface area contributed by atoms with Crippen molar-refractivity contribution in [3.05, 3.63) is 83.0 Å². The van der Waals surface area contributed by atoms with Gasteiger partial charge in [0, 0.05) is 23.4 Å². The number of benzene rings is 2. The highest BCUT2D eigenvalue weighted by Gasteiger charge is 2.40. The lowest BCUT2D eigenvalue weighted by Gasteiger charge is -2.43. The van der Waals surface area contributed by atoms with Crippen LogP contribution in [0.2, 0.25) is 0 Å². The van der Waals surface area contributed by atoms with Crippen molar-refractivity contribution >= 4 is 5.91 Å². The Hall–Kier alpha value is -3.65. The summed E-state index contributed by atoms with van der Waals surface area (Å²) in [6, 6.07) is 19.1. The van der Waals surface area contributed by atoms with E-state index in [4.69, 9.17) is 10.00 Å². The van der Waals surface area contributed by atoms with Crippen LogP contribution in [0.5, 0.6) is 5.88 Å². The lowest BCUT2D eigenvalue weighted by molar-refractivity contribution is 0.0823. The zero-order chi connectivity index (χ0) is 21.1. The first-order valence-electron chi connectivity index (χ1n) is 9.99. The molecule has 1 aromatic heterocycles. The van der Waals surface area contributed by atoms with E-state index in [0.717, 1.165) is 41.5 Å². The highest BCUT2D eigenvalue weighted by atomic mass is 16.5. The van der Waals surface area contributed by atoms with Crippen LogP contribution in [0.3, 0.4) is 0 Å². The largest absolute Gasteiger partial charge is 0.481 e. The summed E-state index contributed by atoms with van der Waals surface area (Å²) < 4.78 is 5.19. The van der Waals surface area contributed by atoms with Gasteiger partial charge in [0.2, 0.25) is 5.88 Å². The van der Waals surface area contributed by atoms with Crippen LogP contribution in [0.25, 0.3) is 11.1 Å². The summed E-state index contributed by atoms with van der Waals surface area (Å²) >= 11 is 0. The monoisotopic (exact) mass is 397 g/mol. The zero-order valence-electron chi connectivity index (χ0n) is 17.1.